The van der Waals surface area contributed by atoms with E-state index in [4.69, 9.17) is 5.73 Å². The molecule has 4 saturated heterocycles. The summed E-state index contributed by atoms with van der Waals surface area (Å²) in [6.45, 7) is 6.16. The molecule has 5 aliphatic rings. The topological polar surface area (TPSA) is 32.5 Å². The average Bonchev–Trinajstić information content (AvgIpc) is 3.02. The third kappa shape index (κ3) is 1.39. The van der Waals surface area contributed by atoms with E-state index in [1.807, 2.05) is 0 Å². The minimum absolute atomic E-state index is 0.357. The quantitative estimate of drug-likeness (QED) is 0.771. The van der Waals surface area contributed by atoms with E-state index in [0.717, 1.165) is 24.4 Å². The smallest absolute Gasteiger partial charge is 0.0490 e. The number of nitrogens with zero attached hydrogens (tertiary/aromatic N) is 2. The molecular weight excluding hydrogens is 210 g/mol. The molecule has 3 unspecified atom stereocenters. The minimum Gasteiger partial charge on any atom is -0.329 e. The summed E-state index contributed by atoms with van der Waals surface area (Å²) in [5, 5.41) is 0. The van der Waals surface area contributed by atoms with Crippen LogP contribution in [0.5, 0.6) is 0 Å². The highest BCUT2D eigenvalue weighted by Crippen LogP contribution is 2.47. The Balaban J connectivity index is 1.64. The highest BCUT2D eigenvalue weighted by Gasteiger charge is 2.54. The Morgan fingerprint density at radius 1 is 1.12 bits per heavy atom. The number of rotatable bonds is 2. The molecule has 3 atom stereocenters. The second-order valence-corrected chi connectivity index (χ2v) is 6.84. The number of fused-ring (bicyclic) bond motifs is 5. The Morgan fingerprint density at radius 2 is 1.94 bits per heavy atom. The van der Waals surface area contributed by atoms with Gasteiger partial charge in [0, 0.05) is 31.2 Å². The van der Waals surface area contributed by atoms with Crippen LogP contribution in [0.25, 0.3) is 0 Å². The molecule has 0 spiro atoms. The van der Waals surface area contributed by atoms with Crippen LogP contribution in [0.1, 0.15) is 32.1 Å². The van der Waals surface area contributed by atoms with Crippen LogP contribution in [-0.2, 0) is 0 Å². The van der Waals surface area contributed by atoms with Gasteiger partial charge in [-0.25, -0.2) is 0 Å². The van der Waals surface area contributed by atoms with Crippen LogP contribution in [0.2, 0.25) is 0 Å². The van der Waals surface area contributed by atoms with Crippen LogP contribution in [0, 0.1) is 11.8 Å². The highest BCUT2D eigenvalue weighted by molar-refractivity contribution is 5.11. The lowest BCUT2D eigenvalue weighted by Gasteiger charge is -2.58. The number of nitrogens with two attached hydrogens (primary N) is 1. The predicted octanol–water partition coefficient (Wildman–Crippen LogP) is 0.894. The zero-order chi connectivity index (χ0) is 11.5. The SMILES string of the molecule is NCC1(N2CC3CCC2C3)CN2CCC1CC2. The molecule has 96 valence electrons. The van der Waals surface area contributed by atoms with Crippen molar-refractivity contribution in [3.05, 3.63) is 0 Å². The van der Waals surface area contributed by atoms with Crippen molar-refractivity contribution in [3.8, 4) is 0 Å². The van der Waals surface area contributed by atoms with Gasteiger partial charge in [-0.1, -0.05) is 0 Å². The normalized spacial score (nSPS) is 53.5. The van der Waals surface area contributed by atoms with Gasteiger partial charge in [-0.3, -0.25) is 4.90 Å². The van der Waals surface area contributed by atoms with Crippen molar-refractivity contribution in [2.45, 2.75) is 43.7 Å². The third-order valence-electron chi connectivity index (χ3n) is 6.18. The summed E-state index contributed by atoms with van der Waals surface area (Å²) >= 11 is 0. The van der Waals surface area contributed by atoms with E-state index in [0.29, 0.717) is 5.54 Å². The summed E-state index contributed by atoms with van der Waals surface area (Å²) in [4.78, 5) is 5.52. The molecule has 0 aromatic rings. The second-order valence-electron chi connectivity index (χ2n) is 6.84. The summed E-state index contributed by atoms with van der Waals surface area (Å²) < 4.78 is 0. The molecule has 3 heteroatoms. The first-order chi connectivity index (χ1) is 8.32. The summed E-state index contributed by atoms with van der Waals surface area (Å²) in [7, 11) is 0. The van der Waals surface area contributed by atoms with E-state index in [2.05, 4.69) is 9.80 Å². The Bertz CT molecular complexity index is 311. The molecule has 3 nitrogen and oxygen atoms in total. The molecule has 4 bridgehead atoms. The Hall–Kier alpha value is -0.120. The fraction of sp³-hybridized carbons (Fsp3) is 1.00. The van der Waals surface area contributed by atoms with Gasteiger partial charge in [0.15, 0.2) is 0 Å². The van der Waals surface area contributed by atoms with Gasteiger partial charge >= 0.3 is 0 Å². The second kappa shape index (κ2) is 3.69. The van der Waals surface area contributed by atoms with Gasteiger partial charge in [-0.15, -0.1) is 0 Å². The standard InChI is InChI=1S/C14H25N3/c15-9-14(10-16-5-3-12(14)4-6-16)17-8-11-1-2-13(17)7-11/h11-13H,1-10,15H2. The fourth-order valence-electron chi connectivity index (χ4n) is 5.29. The van der Waals surface area contributed by atoms with Gasteiger partial charge < -0.3 is 10.6 Å². The average molecular weight is 235 g/mol. The van der Waals surface area contributed by atoms with Crippen LogP contribution < -0.4 is 5.73 Å². The molecule has 0 aromatic carbocycles. The predicted molar refractivity (Wildman–Crippen MR) is 68.8 cm³/mol. The molecule has 1 saturated carbocycles. The molecule has 17 heavy (non-hydrogen) atoms. The number of hydrogen-bond acceptors (Lipinski definition) is 3. The van der Waals surface area contributed by atoms with E-state index in [9.17, 15) is 0 Å². The van der Waals surface area contributed by atoms with Crippen LogP contribution >= 0.6 is 0 Å². The van der Waals surface area contributed by atoms with Crippen molar-refractivity contribution in [2.24, 2.45) is 17.6 Å². The van der Waals surface area contributed by atoms with Gasteiger partial charge in [0.25, 0.3) is 0 Å². The first-order valence-electron chi connectivity index (χ1n) is 7.51. The maximum atomic E-state index is 6.27. The number of piperidine rings is 4. The van der Waals surface area contributed by atoms with E-state index in [1.165, 1.54) is 58.3 Å². The van der Waals surface area contributed by atoms with E-state index < -0.39 is 0 Å². The van der Waals surface area contributed by atoms with Gasteiger partial charge in [0.05, 0.1) is 0 Å². The molecule has 0 aromatic heterocycles. The number of hydrogen-bond donors (Lipinski definition) is 1. The summed E-state index contributed by atoms with van der Waals surface area (Å²) in [5.74, 6) is 1.88. The third-order valence-corrected chi connectivity index (χ3v) is 6.18. The van der Waals surface area contributed by atoms with E-state index >= 15 is 0 Å². The molecule has 4 aliphatic heterocycles. The van der Waals surface area contributed by atoms with E-state index in [-0.39, 0.29) is 0 Å². The van der Waals surface area contributed by atoms with Crippen molar-refractivity contribution < 1.29 is 0 Å². The molecule has 2 N–H and O–H groups in total. The van der Waals surface area contributed by atoms with Gasteiger partial charge in [-0.05, 0) is 57.0 Å². The van der Waals surface area contributed by atoms with Crippen molar-refractivity contribution in [2.75, 3.05) is 32.7 Å². The summed E-state index contributed by atoms with van der Waals surface area (Å²) in [6.07, 6.45) is 7.18. The van der Waals surface area contributed by atoms with Gasteiger partial charge in [0.2, 0.25) is 0 Å². The highest BCUT2D eigenvalue weighted by atomic mass is 15.3. The minimum atomic E-state index is 0.357. The molecule has 5 rings (SSSR count). The monoisotopic (exact) mass is 235 g/mol. The van der Waals surface area contributed by atoms with Crippen molar-refractivity contribution in [3.63, 3.8) is 0 Å². The zero-order valence-electron chi connectivity index (χ0n) is 10.8. The van der Waals surface area contributed by atoms with E-state index in [1.54, 1.807) is 0 Å². The van der Waals surface area contributed by atoms with Crippen LogP contribution in [0.3, 0.4) is 0 Å². The first kappa shape index (κ1) is 10.8. The van der Waals surface area contributed by atoms with Crippen molar-refractivity contribution >= 4 is 0 Å². The lowest BCUT2D eigenvalue weighted by atomic mass is 9.71. The number of likely N-dealkylation sites (tertiary alicyclic amines) is 1. The molecule has 5 fully saturated rings. The lowest BCUT2D eigenvalue weighted by Crippen LogP contribution is -2.71. The fourth-order valence-corrected chi connectivity index (χ4v) is 5.29. The molecule has 0 radical (unpaired) electrons. The maximum Gasteiger partial charge on any atom is 0.0490 e. The van der Waals surface area contributed by atoms with Crippen molar-refractivity contribution in [1.29, 1.82) is 0 Å². The maximum absolute atomic E-state index is 6.27. The first-order valence-corrected chi connectivity index (χ1v) is 7.51. The molecule has 0 amide bonds. The lowest BCUT2D eigenvalue weighted by molar-refractivity contribution is -0.0793. The Labute approximate surface area is 104 Å². The largest absolute Gasteiger partial charge is 0.329 e. The zero-order valence-corrected chi connectivity index (χ0v) is 10.8. The van der Waals surface area contributed by atoms with Gasteiger partial charge in [0.1, 0.15) is 0 Å². The van der Waals surface area contributed by atoms with Crippen LogP contribution in [-0.4, -0.2) is 54.1 Å². The Kier molecular flexibility index (Phi) is 2.34. The van der Waals surface area contributed by atoms with Gasteiger partial charge in [-0.2, -0.15) is 0 Å². The summed E-state index contributed by atoms with van der Waals surface area (Å²) in [5.41, 5.74) is 6.63. The molecule has 1 aliphatic carbocycles. The Morgan fingerprint density at radius 3 is 2.41 bits per heavy atom. The molecule has 4 heterocycles. The van der Waals surface area contributed by atoms with Crippen LogP contribution in [0.15, 0.2) is 0 Å². The van der Waals surface area contributed by atoms with Crippen molar-refractivity contribution in [1.82, 2.24) is 9.80 Å². The van der Waals surface area contributed by atoms with Crippen LogP contribution in [0.4, 0.5) is 0 Å². The molecular formula is C14H25N3. The summed E-state index contributed by atoms with van der Waals surface area (Å²) in [6, 6.07) is 0.879.